The van der Waals surface area contributed by atoms with Gasteiger partial charge in [0.15, 0.2) is 8.32 Å². The number of hydrogen-bond donors (Lipinski definition) is 1. The zero-order chi connectivity index (χ0) is 14.6. The van der Waals surface area contributed by atoms with Gasteiger partial charge in [0, 0.05) is 13.2 Å². The Bertz CT molecular complexity index is 244. The Balaban J connectivity index is 2.58. The Morgan fingerprint density at radius 2 is 1.63 bits per heavy atom. The number of hydrogen-bond acceptors (Lipinski definition) is 3. The van der Waals surface area contributed by atoms with Crippen molar-refractivity contribution in [2.24, 2.45) is 0 Å². The van der Waals surface area contributed by atoms with Crippen molar-refractivity contribution in [3.05, 3.63) is 0 Å². The molecule has 0 aliphatic carbocycles. The SMILES string of the molecule is CC(C)[Si](OCCC1OCCC1O)(C(C)C)C(C)C. The first-order valence-corrected chi connectivity index (χ1v) is 9.90. The molecule has 0 bridgehead atoms. The van der Waals surface area contributed by atoms with Crippen LogP contribution < -0.4 is 0 Å². The van der Waals surface area contributed by atoms with E-state index in [1.807, 2.05) is 0 Å². The van der Waals surface area contributed by atoms with Gasteiger partial charge in [-0.15, -0.1) is 0 Å². The van der Waals surface area contributed by atoms with Crippen molar-refractivity contribution in [1.29, 1.82) is 0 Å². The zero-order valence-electron chi connectivity index (χ0n) is 13.5. The monoisotopic (exact) mass is 288 g/mol. The molecule has 1 aliphatic heterocycles. The van der Waals surface area contributed by atoms with E-state index in [0.717, 1.165) is 19.4 Å². The van der Waals surface area contributed by atoms with Gasteiger partial charge in [0.25, 0.3) is 0 Å². The summed E-state index contributed by atoms with van der Waals surface area (Å²) in [5.74, 6) is 0. The van der Waals surface area contributed by atoms with Gasteiger partial charge in [0.1, 0.15) is 0 Å². The average molecular weight is 289 g/mol. The molecule has 0 saturated carbocycles. The molecular formula is C15H32O3Si. The lowest BCUT2D eigenvalue weighted by Gasteiger charge is -2.42. The Morgan fingerprint density at radius 3 is 2.00 bits per heavy atom. The van der Waals surface area contributed by atoms with Crippen LogP contribution in [0, 0.1) is 0 Å². The predicted molar refractivity (Wildman–Crippen MR) is 82.0 cm³/mol. The Hall–Kier alpha value is 0.0969. The van der Waals surface area contributed by atoms with Gasteiger partial charge < -0.3 is 14.3 Å². The summed E-state index contributed by atoms with van der Waals surface area (Å²) in [7, 11) is -1.76. The molecule has 0 spiro atoms. The lowest BCUT2D eigenvalue weighted by molar-refractivity contribution is 0.0265. The molecule has 1 rings (SSSR count). The van der Waals surface area contributed by atoms with E-state index in [-0.39, 0.29) is 12.2 Å². The molecule has 0 aromatic rings. The van der Waals surface area contributed by atoms with E-state index in [4.69, 9.17) is 9.16 Å². The maximum absolute atomic E-state index is 9.78. The van der Waals surface area contributed by atoms with E-state index in [9.17, 15) is 5.11 Å². The predicted octanol–water partition coefficient (Wildman–Crippen LogP) is 3.72. The van der Waals surface area contributed by atoms with E-state index in [2.05, 4.69) is 41.5 Å². The topological polar surface area (TPSA) is 38.7 Å². The summed E-state index contributed by atoms with van der Waals surface area (Å²) in [5, 5.41) is 9.78. The van der Waals surface area contributed by atoms with Gasteiger partial charge in [-0.2, -0.15) is 0 Å². The van der Waals surface area contributed by atoms with Crippen molar-refractivity contribution >= 4 is 8.32 Å². The fourth-order valence-electron chi connectivity index (χ4n) is 3.76. The van der Waals surface area contributed by atoms with Crippen LogP contribution in [0.3, 0.4) is 0 Å². The normalized spacial score (nSPS) is 24.9. The van der Waals surface area contributed by atoms with Crippen molar-refractivity contribution < 1.29 is 14.3 Å². The third kappa shape index (κ3) is 3.81. The highest BCUT2D eigenvalue weighted by molar-refractivity contribution is 6.77. The molecular weight excluding hydrogens is 256 g/mol. The first-order chi connectivity index (χ1) is 8.82. The highest BCUT2D eigenvalue weighted by Gasteiger charge is 2.45. The molecule has 0 aromatic carbocycles. The lowest BCUT2D eigenvalue weighted by Crippen LogP contribution is -2.48. The summed E-state index contributed by atoms with van der Waals surface area (Å²) >= 11 is 0. The van der Waals surface area contributed by atoms with Crippen LogP contribution in [0.15, 0.2) is 0 Å². The number of aliphatic hydroxyl groups is 1. The molecule has 4 heteroatoms. The molecule has 2 unspecified atom stereocenters. The molecule has 1 aliphatic rings. The molecule has 0 radical (unpaired) electrons. The van der Waals surface area contributed by atoms with E-state index in [1.54, 1.807) is 0 Å². The molecule has 1 heterocycles. The van der Waals surface area contributed by atoms with Crippen LogP contribution in [0.5, 0.6) is 0 Å². The van der Waals surface area contributed by atoms with E-state index >= 15 is 0 Å². The van der Waals surface area contributed by atoms with Gasteiger partial charge in [-0.25, -0.2) is 0 Å². The lowest BCUT2D eigenvalue weighted by atomic mass is 10.1. The molecule has 0 aromatic heterocycles. The van der Waals surface area contributed by atoms with E-state index in [0.29, 0.717) is 23.2 Å². The summed E-state index contributed by atoms with van der Waals surface area (Å²) < 4.78 is 12.0. The van der Waals surface area contributed by atoms with Crippen molar-refractivity contribution in [3.8, 4) is 0 Å². The van der Waals surface area contributed by atoms with Gasteiger partial charge >= 0.3 is 0 Å². The minimum Gasteiger partial charge on any atom is -0.416 e. The van der Waals surface area contributed by atoms with Crippen LogP contribution in [0.25, 0.3) is 0 Å². The van der Waals surface area contributed by atoms with Crippen molar-refractivity contribution in [1.82, 2.24) is 0 Å². The fourth-order valence-corrected chi connectivity index (χ4v) is 9.24. The van der Waals surface area contributed by atoms with Crippen molar-refractivity contribution in [2.45, 2.75) is 83.2 Å². The van der Waals surface area contributed by atoms with Gasteiger partial charge in [0.05, 0.1) is 12.2 Å². The molecule has 3 nitrogen and oxygen atoms in total. The second kappa shape index (κ2) is 7.20. The minimum absolute atomic E-state index is 0.0156. The quantitative estimate of drug-likeness (QED) is 0.726. The molecule has 1 fully saturated rings. The van der Waals surface area contributed by atoms with Crippen LogP contribution in [0.1, 0.15) is 54.4 Å². The Morgan fingerprint density at radius 1 is 1.11 bits per heavy atom. The van der Waals surface area contributed by atoms with E-state index < -0.39 is 8.32 Å². The largest absolute Gasteiger partial charge is 0.416 e. The van der Waals surface area contributed by atoms with Crippen molar-refractivity contribution in [3.63, 3.8) is 0 Å². The average Bonchev–Trinajstić information content (AvgIpc) is 2.69. The standard InChI is InChI=1S/C15H32O3Si/c1-11(2)19(12(3)4,13(5)6)18-10-8-15-14(16)7-9-17-15/h11-16H,7-10H2,1-6H3. The molecule has 19 heavy (non-hydrogen) atoms. The fraction of sp³-hybridized carbons (Fsp3) is 1.00. The Kier molecular flexibility index (Phi) is 6.50. The minimum atomic E-state index is -1.76. The van der Waals surface area contributed by atoms with Gasteiger partial charge in [-0.3, -0.25) is 0 Å². The van der Waals surface area contributed by atoms with Crippen LogP contribution >= 0.6 is 0 Å². The molecule has 0 amide bonds. The van der Waals surface area contributed by atoms with Gasteiger partial charge in [-0.1, -0.05) is 41.5 Å². The number of aliphatic hydroxyl groups excluding tert-OH is 1. The first-order valence-electron chi connectivity index (χ1n) is 7.76. The summed E-state index contributed by atoms with van der Waals surface area (Å²) in [4.78, 5) is 0. The summed E-state index contributed by atoms with van der Waals surface area (Å²) in [6.45, 7) is 15.2. The molecule has 2 atom stereocenters. The summed E-state index contributed by atoms with van der Waals surface area (Å²) in [6, 6.07) is 0. The second-order valence-electron chi connectivity index (χ2n) is 6.72. The number of ether oxygens (including phenoxy) is 1. The number of rotatable bonds is 7. The molecule has 1 saturated heterocycles. The van der Waals surface area contributed by atoms with Crippen LogP contribution in [-0.2, 0) is 9.16 Å². The third-order valence-electron chi connectivity index (χ3n) is 4.64. The van der Waals surface area contributed by atoms with Gasteiger partial charge in [0.2, 0.25) is 0 Å². The summed E-state index contributed by atoms with van der Waals surface area (Å²) in [5.41, 5.74) is 1.84. The smallest absolute Gasteiger partial charge is 0.200 e. The molecule has 114 valence electrons. The third-order valence-corrected chi connectivity index (χ3v) is 10.8. The summed E-state index contributed by atoms with van der Waals surface area (Å²) in [6.07, 6.45) is 1.28. The van der Waals surface area contributed by atoms with E-state index in [1.165, 1.54) is 0 Å². The Labute approximate surface area is 119 Å². The van der Waals surface area contributed by atoms with Crippen LogP contribution in [0.2, 0.25) is 16.6 Å². The van der Waals surface area contributed by atoms with Crippen molar-refractivity contribution in [2.75, 3.05) is 13.2 Å². The van der Waals surface area contributed by atoms with Crippen LogP contribution in [0.4, 0.5) is 0 Å². The highest BCUT2D eigenvalue weighted by Crippen LogP contribution is 2.42. The molecule has 1 N–H and O–H groups in total. The maximum Gasteiger partial charge on any atom is 0.200 e. The highest BCUT2D eigenvalue weighted by atomic mass is 28.4. The van der Waals surface area contributed by atoms with Crippen LogP contribution in [-0.4, -0.2) is 38.8 Å². The zero-order valence-corrected chi connectivity index (χ0v) is 14.5. The second-order valence-corrected chi connectivity index (χ2v) is 12.2. The first kappa shape index (κ1) is 17.1. The van der Waals surface area contributed by atoms with Gasteiger partial charge in [-0.05, 0) is 29.5 Å². The maximum atomic E-state index is 9.78.